The van der Waals surface area contributed by atoms with Crippen molar-refractivity contribution in [2.24, 2.45) is 5.73 Å². The van der Waals surface area contributed by atoms with Crippen LogP contribution in [0.1, 0.15) is 17.5 Å². The number of carbonyl (C=O) groups excluding carboxylic acids is 2. The van der Waals surface area contributed by atoms with E-state index in [-0.39, 0.29) is 24.9 Å². The number of hydrogen-bond acceptors (Lipinski definition) is 4. The van der Waals surface area contributed by atoms with Gasteiger partial charge in [0.2, 0.25) is 11.8 Å². The summed E-state index contributed by atoms with van der Waals surface area (Å²) in [5.74, 6) is -0.541. The molecule has 1 fully saturated rings. The summed E-state index contributed by atoms with van der Waals surface area (Å²) in [6.07, 6.45) is -3.57. The summed E-state index contributed by atoms with van der Waals surface area (Å²) in [4.78, 5) is 27.0. The second-order valence-electron chi connectivity index (χ2n) is 6.19. The van der Waals surface area contributed by atoms with Gasteiger partial charge in [-0.25, -0.2) is 0 Å². The van der Waals surface area contributed by atoms with Crippen molar-refractivity contribution in [3.63, 3.8) is 0 Å². The number of rotatable bonds is 5. The first-order valence-corrected chi connectivity index (χ1v) is 8.42. The third-order valence-corrected chi connectivity index (χ3v) is 4.25. The third kappa shape index (κ3) is 5.99. The van der Waals surface area contributed by atoms with Gasteiger partial charge in [0.25, 0.3) is 0 Å². The van der Waals surface area contributed by atoms with Gasteiger partial charge in [-0.1, -0.05) is 12.1 Å². The number of hydrogen-bond donors (Lipinski definition) is 2. The second kappa shape index (κ2) is 9.00. The second-order valence-corrected chi connectivity index (χ2v) is 6.19. The highest BCUT2D eigenvalue weighted by atomic mass is 19.4. The van der Waals surface area contributed by atoms with Crippen LogP contribution in [0.15, 0.2) is 24.3 Å². The number of halogens is 3. The molecule has 6 nitrogen and oxygen atoms in total. The molecule has 1 heterocycles. The maximum atomic E-state index is 12.6. The Morgan fingerprint density at radius 3 is 2.38 bits per heavy atom. The van der Waals surface area contributed by atoms with E-state index in [1.54, 1.807) is 4.90 Å². The predicted octanol–water partition coefficient (Wildman–Crippen LogP) is 0.815. The Balaban J connectivity index is 1.84. The average molecular weight is 372 g/mol. The van der Waals surface area contributed by atoms with Gasteiger partial charge in [0.1, 0.15) is 0 Å². The van der Waals surface area contributed by atoms with E-state index < -0.39 is 11.7 Å². The molecule has 0 atom stereocenters. The summed E-state index contributed by atoms with van der Waals surface area (Å²) in [6.45, 7) is 2.77. The fourth-order valence-electron chi connectivity index (χ4n) is 2.79. The zero-order valence-electron chi connectivity index (χ0n) is 14.4. The van der Waals surface area contributed by atoms with Crippen molar-refractivity contribution in [3.8, 4) is 0 Å². The first kappa shape index (κ1) is 20.2. The van der Waals surface area contributed by atoms with Gasteiger partial charge in [-0.3, -0.25) is 14.5 Å². The first-order valence-electron chi connectivity index (χ1n) is 8.42. The minimum absolute atomic E-state index is 0.0745. The van der Waals surface area contributed by atoms with E-state index >= 15 is 0 Å². The molecule has 0 aliphatic carbocycles. The highest BCUT2D eigenvalue weighted by molar-refractivity contribution is 5.85. The summed E-state index contributed by atoms with van der Waals surface area (Å²) < 4.78 is 37.8. The lowest BCUT2D eigenvalue weighted by atomic mass is 10.1. The Morgan fingerprint density at radius 2 is 1.77 bits per heavy atom. The summed E-state index contributed by atoms with van der Waals surface area (Å²) in [5, 5.41) is 2.46. The molecule has 9 heteroatoms. The lowest BCUT2D eigenvalue weighted by Crippen LogP contribution is -2.43. The fraction of sp³-hybridized carbons (Fsp3) is 0.529. The molecule has 0 spiro atoms. The number of nitrogens with two attached hydrogens (primary N) is 1. The maximum Gasteiger partial charge on any atom is 0.416 e. The van der Waals surface area contributed by atoms with Gasteiger partial charge in [-0.2, -0.15) is 13.2 Å². The van der Waals surface area contributed by atoms with E-state index in [1.165, 1.54) is 12.1 Å². The zero-order chi connectivity index (χ0) is 19.2. The first-order chi connectivity index (χ1) is 12.3. The normalized spacial score (nSPS) is 16.2. The van der Waals surface area contributed by atoms with E-state index in [1.807, 2.05) is 0 Å². The minimum Gasteiger partial charge on any atom is -0.346 e. The topological polar surface area (TPSA) is 78.7 Å². The number of alkyl halides is 3. The van der Waals surface area contributed by atoms with Crippen LogP contribution in [0.4, 0.5) is 13.2 Å². The molecule has 144 valence electrons. The van der Waals surface area contributed by atoms with Crippen molar-refractivity contribution in [1.29, 1.82) is 0 Å². The quantitative estimate of drug-likeness (QED) is 0.802. The van der Waals surface area contributed by atoms with E-state index in [0.717, 1.165) is 30.7 Å². The molecule has 1 aromatic rings. The van der Waals surface area contributed by atoms with E-state index in [9.17, 15) is 22.8 Å². The van der Waals surface area contributed by atoms with Gasteiger partial charge < -0.3 is 16.0 Å². The smallest absolute Gasteiger partial charge is 0.346 e. The molecule has 1 aliphatic heterocycles. The van der Waals surface area contributed by atoms with Crippen LogP contribution in [0, 0.1) is 0 Å². The number of amides is 2. The van der Waals surface area contributed by atoms with Gasteiger partial charge in [0.15, 0.2) is 0 Å². The van der Waals surface area contributed by atoms with Crippen molar-refractivity contribution in [3.05, 3.63) is 35.4 Å². The van der Waals surface area contributed by atoms with Crippen molar-refractivity contribution in [2.45, 2.75) is 19.1 Å². The molecule has 1 aliphatic rings. The SMILES string of the molecule is NCC(=O)NCC(=O)N1CCCN(Cc2ccc(C(F)(F)F)cc2)CC1. The Labute approximate surface area is 150 Å². The molecule has 2 rings (SSSR count). The van der Waals surface area contributed by atoms with Crippen LogP contribution < -0.4 is 11.1 Å². The lowest BCUT2D eigenvalue weighted by molar-refractivity contribution is -0.137. The van der Waals surface area contributed by atoms with Crippen molar-refractivity contribution in [1.82, 2.24) is 15.1 Å². The van der Waals surface area contributed by atoms with Crippen molar-refractivity contribution >= 4 is 11.8 Å². The average Bonchev–Trinajstić information content (AvgIpc) is 2.84. The molecule has 3 N–H and O–H groups in total. The summed E-state index contributed by atoms with van der Waals surface area (Å²) in [5.41, 5.74) is 5.32. The zero-order valence-corrected chi connectivity index (χ0v) is 14.4. The largest absolute Gasteiger partial charge is 0.416 e. The van der Waals surface area contributed by atoms with Crippen LogP contribution in [0.2, 0.25) is 0 Å². The molecular formula is C17H23F3N4O2. The standard InChI is InChI=1S/C17H23F3N4O2/c18-17(19,20)14-4-2-13(3-5-14)12-23-6-1-7-24(9-8-23)16(26)11-22-15(25)10-21/h2-5H,1,6-12,21H2,(H,22,25). The van der Waals surface area contributed by atoms with Crippen LogP contribution in [-0.4, -0.2) is 60.9 Å². The number of carbonyl (C=O) groups is 2. The number of benzene rings is 1. The van der Waals surface area contributed by atoms with Crippen LogP contribution in [0.3, 0.4) is 0 Å². The molecule has 1 aromatic carbocycles. The minimum atomic E-state index is -4.33. The maximum absolute atomic E-state index is 12.6. The van der Waals surface area contributed by atoms with Gasteiger partial charge in [-0.15, -0.1) is 0 Å². The third-order valence-electron chi connectivity index (χ3n) is 4.25. The number of nitrogens with zero attached hydrogens (tertiary/aromatic N) is 2. The molecule has 0 unspecified atom stereocenters. The van der Waals surface area contributed by atoms with Crippen LogP contribution in [-0.2, 0) is 22.3 Å². The van der Waals surface area contributed by atoms with Crippen molar-refractivity contribution < 1.29 is 22.8 Å². The van der Waals surface area contributed by atoms with Crippen LogP contribution >= 0.6 is 0 Å². The van der Waals surface area contributed by atoms with E-state index in [4.69, 9.17) is 5.73 Å². The molecule has 1 saturated heterocycles. The van der Waals surface area contributed by atoms with Crippen molar-refractivity contribution in [2.75, 3.05) is 39.3 Å². The Hall–Kier alpha value is -2.13. The summed E-state index contributed by atoms with van der Waals surface area (Å²) >= 11 is 0. The highest BCUT2D eigenvalue weighted by Gasteiger charge is 2.30. The molecule has 0 bridgehead atoms. The monoisotopic (exact) mass is 372 g/mol. The predicted molar refractivity (Wildman–Crippen MR) is 90.0 cm³/mol. The van der Waals surface area contributed by atoms with E-state index in [2.05, 4.69) is 10.2 Å². The molecule has 0 saturated carbocycles. The Morgan fingerprint density at radius 1 is 1.08 bits per heavy atom. The van der Waals surface area contributed by atoms with Gasteiger partial charge in [-0.05, 0) is 24.1 Å². The lowest BCUT2D eigenvalue weighted by Gasteiger charge is -2.22. The summed E-state index contributed by atoms with van der Waals surface area (Å²) in [6, 6.07) is 5.14. The Kier molecular flexibility index (Phi) is 6.98. The molecule has 26 heavy (non-hydrogen) atoms. The van der Waals surface area contributed by atoms with Gasteiger partial charge >= 0.3 is 6.18 Å². The number of nitrogens with one attached hydrogen (secondary N) is 1. The van der Waals surface area contributed by atoms with Crippen LogP contribution in [0.5, 0.6) is 0 Å². The Bertz CT molecular complexity index is 619. The van der Waals surface area contributed by atoms with Gasteiger partial charge in [0.05, 0.1) is 18.7 Å². The van der Waals surface area contributed by atoms with E-state index in [0.29, 0.717) is 26.2 Å². The highest BCUT2D eigenvalue weighted by Crippen LogP contribution is 2.29. The molecule has 2 amide bonds. The molecular weight excluding hydrogens is 349 g/mol. The fourth-order valence-corrected chi connectivity index (χ4v) is 2.79. The molecule has 0 aromatic heterocycles. The van der Waals surface area contributed by atoms with Crippen LogP contribution in [0.25, 0.3) is 0 Å². The molecule has 0 radical (unpaired) electrons. The summed E-state index contributed by atoms with van der Waals surface area (Å²) in [7, 11) is 0. The van der Waals surface area contributed by atoms with Gasteiger partial charge in [0, 0.05) is 32.7 Å².